The van der Waals surface area contributed by atoms with Crippen LogP contribution in [0.1, 0.15) is 111 Å². The molecule has 7 nitrogen and oxygen atoms in total. The zero-order valence-electron chi connectivity index (χ0n) is 27.8. The maximum atomic E-state index is 12.9. The van der Waals surface area contributed by atoms with Crippen molar-refractivity contribution in [3.8, 4) is 0 Å². The Morgan fingerprint density at radius 3 is 2.28 bits per heavy atom. The fourth-order valence-corrected chi connectivity index (χ4v) is 12.4. The molecule has 242 valence electrons. The normalized spacial score (nSPS) is 49.9. The van der Waals surface area contributed by atoms with Gasteiger partial charge in [-0.05, 0) is 144 Å². The summed E-state index contributed by atoms with van der Waals surface area (Å²) in [6, 6.07) is 0.427. The van der Waals surface area contributed by atoms with Crippen LogP contribution in [0.2, 0.25) is 0 Å². The third-order valence-corrected chi connectivity index (χ3v) is 14.9. The fourth-order valence-electron chi connectivity index (χ4n) is 12.4. The van der Waals surface area contributed by atoms with Crippen LogP contribution in [-0.4, -0.2) is 67.3 Å². The maximum absolute atomic E-state index is 12.9. The molecule has 12 atom stereocenters. The van der Waals surface area contributed by atoms with Gasteiger partial charge in [-0.2, -0.15) is 0 Å². The molecule has 4 aliphatic carbocycles. The Balaban J connectivity index is 0.948. The molecule has 3 N–H and O–H groups in total. The lowest BCUT2D eigenvalue weighted by Crippen LogP contribution is -2.58. The molecule has 3 aliphatic heterocycles. The molecule has 3 saturated heterocycles. The van der Waals surface area contributed by atoms with E-state index in [0.717, 1.165) is 69.0 Å². The zero-order chi connectivity index (χ0) is 30.1. The maximum Gasteiger partial charge on any atom is 0.229 e. The van der Waals surface area contributed by atoms with Crippen molar-refractivity contribution >= 4 is 11.8 Å². The highest BCUT2D eigenvalue weighted by atomic mass is 16.5. The second kappa shape index (κ2) is 11.3. The highest BCUT2D eigenvalue weighted by Crippen LogP contribution is 2.71. The van der Waals surface area contributed by atoms with E-state index in [-0.39, 0.29) is 36.0 Å². The summed E-state index contributed by atoms with van der Waals surface area (Å²) in [5.41, 5.74) is 0.706. The van der Waals surface area contributed by atoms with Crippen LogP contribution in [0.5, 0.6) is 0 Å². The van der Waals surface area contributed by atoms with Crippen LogP contribution in [0.3, 0.4) is 0 Å². The molecule has 0 aromatic heterocycles. The fraction of sp³-hybridized carbons (Fsp3) is 0.944. The van der Waals surface area contributed by atoms with Crippen molar-refractivity contribution in [1.29, 1.82) is 0 Å². The summed E-state index contributed by atoms with van der Waals surface area (Å²) >= 11 is 0. The second-order valence-electron chi connectivity index (χ2n) is 17.2. The molecule has 7 heteroatoms. The van der Waals surface area contributed by atoms with Crippen molar-refractivity contribution in [2.45, 2.75) is 135 Å². The molecular weight excluding hydrogens is 536 g/mol. The van der Waals surface area contributed by atoms with Gasteiger partial charge < -0.3 is 20.3 Å². The summed E-state index contributed by atoms with van der Waals surface area (Å²) < 4.78 is 7.09. The van der Waals surface area contributed by atoms with E-state index < -0.39 is 0 Å². The Morgan fingerprint density at radius 1 is 0.837 bits per heavy atom. The first kappa shape index (κ1) is 30.5. The molecule has 4 saturated carbocycles. The minimum atomic E-state index is -0.113. The molecular formula is C36H60N4O3. The Labute approximate surface area is 260 Å². The summed E-state index contributed by atoms with van der Waals surface area (Å²) in [4.78, 5) is 27.8. The number of amides is 2. The minimum absolute atomic E-state index is 0.0333. The van der Waals surface area contributed by atoms with Gasteiger partial charge in [0.25, 0.3) is 0 Å². The zero-order valence-corrected chi connectivity index (χ0v) is 27.8. The first-order chi connectivity index (χ1) is 20.5. The first-order valence-electron chi connectivity index (χ1n) is 18.2. The van der Waals surface area contributed by atoms with E-state index in [1.54, 1.807) is 0 Å². The average molecular weight is 597 g/mol. The van der Waals surface area contributed by atoms with Gasteiger partial charge in [-0.1, -0.05) is 27.7 Å². The van der Waals surface area contributed by atoms with Gasteiger partial charge in [0.2, 0.25) is 11.8 Å². The SMILES string of the molecule is C[C@@H]1CC[C@@]2(NC1)O[C@H]1C[C@H]3[C@@H]4CC[C@@H]5CC(NC(=O)CC(=O)NC6CCN(C)CC6)CC[C@]5(C)[C@H]4CC[C@]3(C)[C@H]1[C@@H]2C. The predicted octanol–water partition coefficient (Wildman–Crippen LogP) is 5.09. The summed E-state index contributed by atoms with van der Waals surface area (Å²) in [6.45, 7) is 13.3. The van der Waals surface area contributed by atoms with Crippen molar-refractivity contribution in [1.82, 2.24) is 20.9 Å². The van der Waals surface area contributed by atoms with Gasteiger partial charge in [0.1, 0.15) is 12.1 Å². The van der Waals surface area contributed by atoms with E-state index in [0.29, 0.717) is 34.7 Å². The van der Waals surface area contributed by atoms with E-state index in [2.05, 4.69) is 55.6 Å². The quantitative estimate of drug-likeness (QED) is 0.394. The summed E-state index contributed by atoms with van der Waals surface area (Å²) in [5, 5.41) is 10.3. The summed E-state index contributed by atoms with van der Waals surface area (Å²) in [5.74, 6) is 4.93. The van der Waals surface area contributed by atoms with Crippen LogP contribution < -0.4 is 16.0 Å². The van der Waals surface area contributed by atoms with Crippen LogP contribution in [0.25, 0.3) is 0 Å². The Hall–Kier alpha value is -1.18. The number of ether oxygens (including phenoxy) is 1. The Bertz CT molecular complexity index is 1070. The number of hydrogen-bond donors (Lipinski definition) is 3. The molecule has 7 fully saturated rings. The van der Waals surface area contributed by atoms with Gasteiger partial charge in [0.05, 0.1) is 6.10 Å². The Morgan fingerprint density at radius 2 is 1.56 bits per heavy atom. The summed E-state index contributed by atoms with van der Waals surface area (Å²) in [7, 11) is 2.12. The highest BCUT2D eigenvalue weighted by molar-refractivity contribution is 5.97. The number of nitrogens with zero attached hydrogens (tertiary/aromatic N) is 1. The third kappa shape index (κ3) is 5.19. The summed E-state index contributed by atoms with van der Waals surface area (Å²) in [6.07, 6.45) is 14.8. The van der Waals surface area contributed by atoms with Crippen LogP contribution in [0, 0.1) is 52.3 Å². The molecule has 0 aromatic carbocycles. The number of nitrogens with one attached hydrogen (secondary N) is 3. The Kier molecular flexibility index (Phi) is 7.98. The number of fused-ring (bicyclic) bond motifs is 7. The lowest BCUT2D eigenvalue weighted by molar-refractivity contribution is -0.137. The van der Waals surface area contributed by atoms with Crippen molar-refractivity contribution < 1.29 is 14.3 Å². The van der Waals surface area contributed by atoms with E-state index in [4.69, 9.17) is 4.74 Å². The number of rotatable bonds is 4. The van der Waals surface area contributed by atoms with Crippen LogP contribution in [0.4, 0.5) is 0 Å². The van der Waals surface area contributed by atoms with E-state index in [9.17, 15) is 9.59 Å². The van der Waals surface area contributed by atoms with Crippen molar-refractivity contribution in [3.63, 3.8) is 0 Å². The van der Waals surface area contributed by atoms with E-state index >= 15 is 0 Å². The van der Waals surface area contributed by atoms with Crippen molar-refractivity contribution in [2.75, 3.05) is 26.7 Å². The number of likely N-dealkylation sites (tertiary alicyclic amines) is 1. The number of piperidine rings is 2. The van der Waals surface area contributed by atoms with Crippen LogP contribution >= 0.6 is 0 Å². The lowest BCUT2D eigenvalue weighted by Gasteiger charge is -2.61. The van der Waals surface area contributed by atoms with Gasteiger partial charge in [-0.25, -0.2) is 0 Å². The molecule has 0 radical (unpaired) electrons. The van der Waals surface area contributed by atoms with Gasteiger partial charge in [0, 0.05) is 24.5 Å². The van der Waals surface area contributed by atoms with Crippen molar-refractivity contribution in [3.05, 3.63) is 0 Å². The van der Waals surface area contributed by atoms with Gasteiger partial charge >= 0.3 is 0 Å². The molecule has 7 aliphatic rings. The predicted molar refractivity (Wildman–Crippen MR) is 169 cm³/mol. The monoisotopic (exact) mass is 596 g/mol. The van der Waals surface area contributed by atoms with E-state index in [1.807, 2.05) is 0 Å². The smallest absolute Gasteiger partial charge is 0.229 e. The molecule has 2 amide bonds. The number of hydrogen-bond acceptors (Lipinski definition) is 5. The topological polar surface area (TPSA) is 82.7 Å². The molecule has 43 heavy (non-hydrogen) atoms. The molecule has 0 bridgehead atoms. The van der Waals surface area contributed by atoms with Crippen LogP contribution in [0.15, 0.2) is 0 Å². The molecule has 1 spiro atoms. The first-order valence-corrected chi connectivity index (χ1v) is 18.2. The largest absolute Gasteiger partial charge is 0.357 e. The highest BCUT2D eigenvalue weighted by Gasteiger charge is 2.68. The number of carbonyl (C=O) groups is 2. The molecule has 3 heterocycles. The number of carbonyl (C=O) groups excluding carboxylic acids is 2. The van der Waals surface area contributed by atoms with Crippen LogP contribution in [-0.2, 0) is 14.3 Å². The standard InChI is InChI=1S/C36H60N4O3/c1-22-8-15-36(37-21-22)23(2)33-30(43-36)19-29-27-7-6-24-18-26(9-13-34(24,3)28(27)10-14-35(29,33)4)39-32(42)20-31(41)38-25-11-16-40(5)17-12-25/h22-30,33,37H,6-21H2,1-5H3,(H,38,41)(H,39,42)/t22-,23+,24-,26?,27-,28+,29+,30+,33+,34+,35+,36-/m1/s1. The average Bonchev–Trinajstić information content (AvgIpc) is 3.41. The van der Waals surface area contributed by atoms with E-state index in [1.165, 1.54) is 51.4 Å². The minimum Gasteiger partial charge on any atom is -0.357 e. The van der Waals surface area contributed by atoms with Crippen molar-refractivity contribution in [2.24, 2.45) is 52.3 Å². The molecule has 1 unspecified atom stereocenters. The van der Waals surface area contributed by atoms with Gasteiger partial charge in [-0.15, -0.1) is 0 Å². The molecule has 7 rings (SSSR count). The molecule has 0 aromatic rings. The van der Waals surface area contributed by atoms with Gasteiger partial charge in [-0.3, -0.25) is 14.9 Å². The third-order valence-electron chi connectivity index (χ3n) is 14.9. The lowest BCUT2D eigenvalue weighted by atomic mass is 9.44. The van der Waals surface area contributed by atoms with Gasteiger partial charge in [0.15, 0.2) is 0 Å². The second-order valence-corrected chi connectivity index (χ2v) is 17.2.